The fourth-order valence-electron chi connectivity index (χ4n) is 6.18. The minimum atomic E-state index is -3.55. The lowest BCUT2D eigenvalue weighted by Crippen LogP contribution is -2.48. The molecule has 11 nitrogen and oxygen atoms in total. The van der Waals surface area contributed by atoms with Gasteiger partial charge in [0, 0.05) is 43.5 Å². The number of alkyl halides is 2. The molecule has 2 aromatic rings. The van der Waals surface area contributed by atoms with Crippen molar-refractivity contribution in [2.45, 2.75) is 96.2 Å². The van der Waals surface area contributed by atoms with Crippen LogP contribution in [0.3, 0.4) is 0 Å². The largest absolute Gasteiger partial charge is 0.444 e. The number of halogens is 2. The van der Waals surface area contributed by atoms with E-state index in [4.69, 9.17) is 4.74 Å². The van der Waals surface area contributed by atoms with E-state index in [2.05, 4.69) is 20.6 Å². The van der Waals surface area contributed by atoms with E-state index in [-0.39, 0.29) is 35.7 Å². The summed E-state index contributed by atoms with van der Waals surface area (Å²) >= 11 is 0. The molecule has 2 aliphatic heterocycles. The molecule has 2 fully saturated rings. The number of ether oxygens (including phenoxy) is 1. The molecule has 0 bridgehead atoms. The van der Waals surface area contributed by atoms with Gasteiger partial charge in [-0.15, -0.1) is 0 Å². The van der Waals surface area contributed by atoms with Crippen LogP contribution in [-0.4, -0.2) is 83.1 Å². The van der Waals surface area contributed by atoms with Crippen LogP contribution in [-0.2, 0) is 16.0 Å². The molecule has 13 heteroatoms. The maximum Gasteiger partial charge on any atom is 0.410 e. The van der Waals surface area contributed by atoms with Crippen molar-refractivity contribution < 1.29 is 27.9 Å². The van der Waals surface area contributed by atoms with Gasteiger partial charge in [0.2, 0.25) is 5.95 Å². The lowest BCUT2D eigenvalue weighted by molar-refractivity contribution is -0.140. The minimum absolute atomic E-state index is 0.0627. The third kappa shape index (κ3) is 7.28. The van der Waals surface area contributed by atoms with E-state index >= 15 is 0 Å². The fourth-order valence-corrected chi connectivity index (χ4v) is 6.18. The van der Waals surface area contributed by atoms with Crippen molar-refractivity contribution in [3.8, 4) is 0 Å². The molecule has 3 amide bonds. The molecule has 0 atom stereocenters. The maximum atomic E-state index is 14.9. The quantitative estimate of drug-likeness (QED) is 0.445. The molecular weight excluding hydrogens is 584 g/mol. The standard InChI is InChI=1S/C32H43F2N7O4/c1-6-20-17-21(27(42)36-22-13-15-40(16-14-22)30(44)45-31(2,3)4)11-12-24(20)37-29-35-18-25-26(38-29)41(23-9-7-8-10-23)19-32(33,34)28(43)39(25)5/h11-12,17-18,22-23H,6-10,13-16,19H2,1-5H3,(H,36,42)(H,35,37,38). The number of aromatic nitrogens is 2. The number of benzene rings is 1. The van der Waals surface area contributed by atoms with Crippen molar-refractivity contribution in [3.05, 3.63) is 35.5 Å². The first-order valence-electron chi connectivity index (χ1n) is 15.7. The van der Waals surface area contributed by atoms with Gasteiger partial charge < -0.3 is 30.1 Å². The Balaban J connectivity index is 1.28. The highest BCUT2D eigenvalue weighted by atomic mass is 19.3. The predicted molar refractivity (Wildman–Crippen MR) is 167 cm³/mol. The number of hydrogen-bond donors (Lipinski definition) is 2. The molecule has 244 valence electrons. The number of amides is 3. The Morgan fingerprint density at radius 3 is 2.44 bits per heavy atom. The molecule has 45 heavy (non-hydrogen) atoms. The van der Waals surface area contributed by atoms with Crippen molar-refractivity contribution in [3.63, 3.8) is 0 Å². The minimum Gasteiger partial charge on any atom is -0.444 e. The first kappa shape index (κ1) is 32.4. The van der Waals surface area contributed by atoms with Crippen molar-refractivity contribution in [1.29, 1.82) is 0 Å². The van der Waals surface area contributed by atoms with Crippen LogP contribution in [0.4, 0.5) is 36.7 Å². The Labute approximate surface area is 262 Å². The second-order valence-electron chi connectivity index (χ2n) is 13.1. The average Bonchev–Trinajstić information content (AvgIpc) is 3.51. The Kier molecular flexibility index (Phi) is 9.18. The Hall–Kier alpha value is -4.03. The number of aryl methyl sites for hydroxylation is 1. The summed E-state index contributed by atoms with van der Waals surface area (Å²) in [5.74, 6) is -4.50. The van der Waals surface area contributed by atoms with Crippen LogP contribution in [0.15, 0.2) is 24.4 Å². The van der Waals surface area contributed by atoms with Crippen LogP contribution in [0.5, 0.6) is 0 Å². The zero-order valence-electron chi connectivity index (χ0n) is 26.7. The van der Waals surface area contributed by atoms with E-state index in [1.807, 2.05) is 33.8 Å². The van der Waals surface area contributed by atoms with Gasteiger partial charge >= 0.3 is 12.0 Å². The molecule has 0 spiro atoms. The van der Waals surface area contributed by atoms with E-state index in [1.165, 1.54) is 13.2 Å². The molecule has 5 rings (SSSR count). The normalized spacial score (nSPS) is 19.3. The number of nitrogens with one attached hydrogen (secondary N) is 2. The molecule has 0 radical (unpaired) electrons. The van der Waals surface area contributed by atoms with Crippen LogP contribution >= 0.6 is 0 Å². The number of rotatable bonds is 6. The van der Waals surface area contributed by atoms with Crippen LogP contribution in [0.1, 0.15) is 82.1 Å². The molecule has 3 aliphatic rings. The van der Waals surface area contributed by atoms with E-state index in [1.54, 1.807) is 21.9 Å². The highest BCUT2D eigenvalue weighted by Crippen LogP contribution is 2.39. The van der Waals surface area contributed by atoms with Gasteiger partial charge in [-0.1, -0.05) is 19.8 Å². The predicted octanol–water partition coefficient (Wildman–Crippen LogP) is 5.27. The van der Waals surface area contributed by atoms with E-state index in [0.29, 0.717) is 49.4 Å². The van der Waals surface area contributed by atoms with Crippen LogP contribution in [0, 0.1) is 0 Å². The highest BCUT2D eigenvalue weighted by Gasteiger charge is 2.48. The van der Waals surface area contributed by atoms with Crippen LogP contribution < -0.4 is 20.4 Å². The molecule has 1 saturated carbocycles. The van der Waals surface area contributed by atoms with Gasteiger partial charge in [0.25, 0.3) is 11.8 Å². The third-order valence-corrected chi connectivity index (χ3v) is 8.61. The summed E-state index contributed by atoms with van der Waals surface area (Å²) in [5.41, 5.74) is 1.73. The SMILES string of the molecule is CCc1cc(C(=O)NC2CCN(C(=O)OC(C)(C)C)CC2)ccc1Nc1ncc2c(n1)N(C1CCCC1)CC(F)(F)C(=O)N2C. The summed E-state index contributed by atoms with van der Waals surface area (Å²) in [6, 6.07) is 5.12. The maximum absolute atomic E-state index is 14.9. The zero-order valence-corrected chi connectivity index (χ0v) is 26.7. The van der Waals surface area contributed by atoms with E-state index in [9.17, 15) is 23.2 Å². The number of fused-ring (bicyclic) bond motifs is 1. The number of carbonyl (C=O) groups is 3. The van der Waals surface area contributed by atoms with Gasteiger partial charge in [0.1, 0.15) is 11.3 Å². The second-order valence-corrected chi connectivity index (χ2v) is 13.1. The lowest BCUT2D eigenvalue weighted by atomic mass is 10.0. The van der Waals surface area contributed by atoms with Gasteiger partial charge in [-0.05, 0) is 76.6 Å². The second kappa shape index (κ2) is 12.8. The summed E-state index contributed by atoms with van der Waals surface area (Å²) in [5, 5.41) is 6.30. The molecule has 1 aliphatic carbocycles. The molecule has 2 N–H and O–H groups in total. The molecule has 1 saturated heterocycles. The summed E-state index contributed by atoms with van der Waals surface area (Å²) in [6.45, 7) is 7.75. The summed E-state index contributed by atoms with van der Waals surface area (Å²) in [6.07, 6.45) is 6.33. The van der Waals surface area contributed by atoms with Gasteiger partial charge in [-0.25, -0.2) is 9.78 Å². The first-order valence-corrected chi connectivity index (χ1v) is 15.7. The van der Waals surface area contributed by atoms with Crippen LogP contribution in [0.2, 0.25) is 0 Å². The number of carbonyl (C=O) groups excluding carboxylic acids is 3. The molecule has 3 heterocycles. The smallest absolute Gasteiger partial charge is 0.410 e. The molecule has 1 aromatic heterocycles. The molecule has 0 unspecified atom stereocenters. The van der Waals surface area contributed by atoms with Crippen molar-refractivity contribution >= 4 is 41.0 Å². The van der Waals surface area contributed by atoms with Gasteiger partial charge in [-0.2, -0.15) is 13.8 Å². The van der Waals surface area contributed by atoms with Gasteiger partial charge in [-0.3, -0.25) is 9.59 Å². The first-order chi connectivity index (χ1) is 21.3. The number of nitrogens with zero attached hydrogens (tertiary/aromatic N) is 5. The Bertz CT molecular complexity index is 1430. The van der Waals surface area contributed by atoms with Crippen LogP contribution in [0.25, 0.3) is 0 Å². The lowest BCUT2D eigenvalue weighted by Gasteiger charge is -2.33. The number of piperidine rings is 1. The number of likely N-dealkylation sites (tertiary alicyclic amines) is 1. The van der Waals surface area contributed by atoms with E-state index in [0.717, 1.165) is 36.1 Å². The summed E-state index contributed by atoms with van der Waals surface area (Å²) < 4.78 is 35.3. The Morgan fingerprint density at radius 2 is 1.80 bits per heavy atom. The molecular formula is C32H43F2N7O4. The summed E-state index contributed by atoms with van der Waals surface area (Å²) in [7, 11) is 1.33. The van der Waals surface area contributed by atoms with Crippen molar-refractivity contribution in [2.75, 3.05) is 41.8 Å². The zero-order chi connectivity index (χ0) is 32.5. The Morgan fingerprint density at radius 1 is 1.11 bits per heavy atom. The van der Waals surface area contributed by atoms with Crippen molar-refractivity contribution in [1.82, 2.24) is 20.2 Å². The third-order valence-electron chi connectivity index (χ3n) is 8.61. The number of anilines is 4. The van der Waals surface area contributed by atoms with Gasteiger partial charge in [0.05, 0.1) is 12.7 Å². The van der Waals surface area contributed by atoms with Crippen molar-refractivity contribution in [2.24, 2.45) is 0 Å². The van der Waals surface area contributed by atoms with Gasteiger partial charge in [0.15, 0.2) is 5.82 Å². The fraction of sp³-hybridized carbons (Fsp3) is 0.594. The average molecular weight is 628 g/mol. The summed E-state index contributed by atoms with van der Waals surface area (Å²) in [4.78, 5) is 51.3. The molecule has 1 aromatic carbocycles. The van der Waals surface area contributed by atoms with E-state index < -0.39 is 24.0 Å². The topological polar surface area (TPSA) is 120 Å². The number of hydrogen-bond acceptors (Lipinski definition) is 8. The monoisotopic (exact) mass is 627 g/mol. The highest BCUT2D eigenvalue weighted by molar-refractivity contribution is 6.02.